The summed E-state index contributed by atoms with van der Waals surface area (Å²) in [5.74, 6) is -2.10. The van der Waals surface area contributed by atoms with Crippen molar-refractivity contribution in [2.24, 2.45) is 21.7 Å². The van der Waals surface area contributed by atoms with Crippen molar-refractivity contribution < 1.29 is 89.5 Å². The molecule has 528 valence electrons. The summed E-state index contributed by atoms with van der Waals surface area (Å²) in [6, 6.07) is 15.1. The van der Waals surface area contributed by atoms with Crippen molar-refractivity contribution in [3.8, 4) is 34.5 Å². The number of aliphatic hydroxyl groups excluding tert-OH is 4. The summed E-state index contributed by atoms with van der Waals surface area (Å²) >= 11 is 6.67. The molecule has 27 nitrogen and oxygen atoms in total. The van der Waals surface area contributed by atoms with Crippen LogP contribution in [0.15, 0.2) is 79.0 Å². The number of aliphatic hydroxyl groups is 4. The number of H-pyrrole nitrogens is 1. The third-order valence-electron chi connectivity index (χ3n) is 16.8. The van der Waals surface area contributed by atoms with E-state index >= 15 is 0 Å². The number of alkyl halides is 1. The molecule has 9 rings (SSSR count). The monoisotopic (exact) mass is 1390 g/mol. The highest BCUT2D eigenvalue weighted by Gasteiger charge is 2.46. The number of methoxy groups -OCH3 is 2. The van der Waals surface area contributed by atoms with Crippen molar-refractivity contribution >= 4 is 73.0 Å². The number of likely N-dealkylation sites (N-methyl/N-ethyl adjacent to an activating group) is 1. The first-order valence-corrected chi connectivity index (χ1v) is 33.6. The number of benzene rings is 4. The lowest BCUT2D eigenvalue weighted by Gasteiger charge is -2.39. The molecular weight excluding hydrogens is 1300 g/mol. The van der Waals surface area contributed by atoms with Crippen molar-refractivity contribution in [3.05, 3.63) is 102 Å². The topological polar surface area (TPSA) is 326 Å². The quantitative estimate of drug-likeness (QED) is 0.0235. The molecule has 0 saturated carbocycles. The van der Waals surface area contributed by atoms with Crippen LogP contribution in [0.4, 0.5) is 5.69 Å². The van der Waals surface area contributed by atoms with Crippen LogP contribution >= 0.6 is 11.6 Å². The van der Waals surface area contributed by atoms with E-state index in [-0.39, 0.29) is 77.4 Å². The van der Waals surface area contributed by atoms with Gasteiger partial charge in [0.25, 0.3) is 23.6 Å². The molecule has 0 radical (unpaired) electrons. The van der Waals surface area contributed by atoms with Gasteiger partial charge in [0, 0.05) is 127 Å². The average molecular weight is 1390 g/mol. The summed E-state index contributed by atoms with van der Waals surface area (Å²) in [6.07, 6.45) is -3.76. The van der Waals surface area contributed by atoms with Crippen molar-refractivity contribution in [2.75, 3.05) is 112 Å². The smallest absolute Gasteiger partial charge is 0.497 e. The fourth-order valence-corrected chi connectivity index (χ4v) is 13.1. The number of aromatic amines is 1. The van der Waals surface area contributed by atoms with Crippen molar-refractivity contribution in [3.63, 3.8) is 0 Å². The average Bonchev–Trinajstić information content (AvgIpc) is 1.62. The van der Waals surface area contributed by atoms with E-state index in [0.717, 1.165) is 11.8 Å². The Labute approximate surface area is 569 Å². The van der Waals surface area contributed by atoms with Crippen molar-refractivity contribution in [1.29, 1.82) is 0 Å². The number of nitrogens with one attached hydrogen (secondary N) is 1. The molecule has 4 amide bonds. The van der Waals surface area contributed by atoms with Crippen LogP contribution in [0.1, 0.15) is 93.4 Å². The predicted molar refractivity (Wildman–Crippen MR) is 359 cm³/mol. The van der Waals surface area contributed by atoms with E-state index in [1.54, 1.807) is 48.1 Å². The van der Waals surface area contributed by atoms with Gasteiger partial charge in [-0.25, -0.2) is 0 Å². The molecule has 3 aliphatic heterocycles. The van der Waals surface area contributed by atoms with Gasteiger partial charge < -0.3 is 81.6 Å². The number of ether oxygens (including phenoxy) is 7. The predicted octanol–water partition coefficient (Wildman–Crippen LogP) is 6.11. The number of amides is 4. The third kappa shape index (κ3) is 17.8. The molecule has 1 saturated heterocycles. The van der Waals surface area contributed by atoms with Gasteiger partial charge in [-0.15, -0.1) is 25.1 Å². The van der Waals surface area contributed by atoms with E-state index in [0.29, 0.717) is 85.0 Å². The van der Waals surface area contributed by atoms with Gasteiger partial charge in [0.05, 0.1) is 58.6 Å². The first kappa shape index (κ1) is 73.6. The second kappa shape index (κ2) is 29.8. The molecule has 0 aliphatic carbocycles. The number of hydrogen-bond acceptors (Lipinski definition) is 22. The molecular formula is C68H89ClN8O19S. The number of fused-ring (bicyclic) bond motifs is 4. The maximum absolute atomic E-state index is 14.8. The Morgan fingerprint density at radius 1 is 0.753 bits per heavy atom. The summed E-state index contributed by atoms with van der Waals surface area (Å²) in [7, 11) is 3.10. The molecule has 97 heavy (non-hydrogen) atoms. The zero-order chi connectivity index (χ0) is 70.7. The van der Waals surface area contributed by atoms with Gasteiger partial charge in [-0.05, 0) is 79.0 Å². The maximum atomic E-state index is 14.8. The number of halogens is 1. The molecule has 0 unspecified atom stereocenters. The normalized spacial score (nSPS) is 19.3. The van der Waals surface area contributed by atoms with Gasteiger partial charge in [-0.1, -0.05) is 60.6 Å². The van der Waals surface area contributed by atoms with Crippen LogP contribution in [-0.4, -0.2) is 225 Å². The summed E-state index contributed by atoms with van der Waals surface area (Å²) in [6.45, 7) is 18.4. The molecule has 4 aromatic carbocycles. The Bertz CT molecular complexity index is 3980. The molecule has 6 atom stereocenters. The fraction of sp³-hybridized carbons (Fsp3) is 0.529. The molecule has 2 aromatic heterocycles. The molecule has 5 heterocycles. The minimum Gasteiger partial charge on any atom is -0.497 e. The Hall–Kier alpha value is -7.64. The van der Waals surface area contributed by atoms with Crippen molar-refractivity contribution in [1.82, 2.24) is 34.7 Å². The standard InChI is InChI=1S/C68H89ClN8O19S/c1-65(2,36-90-39-68(7,8)35-77-56(79)18-19-57(77)80)28-43-31-75(72-71-43)34-67(5,6)38-91-37-66(3,4)33-74(11)62(84)40-14-17-50(93-64-61(83)60(82)59(81)55(32-78)94-64)54(23-40)96-97(86,87)95-51-27-49-58(46-25-44(88-12)15-16-45(46)51)42(29-69)30-76(49)63(85)48-22-41-24-53(92-21-20-73(9)10)52(89-13)26-47(41)70-48/h14-19,22-27,31,42,55,59-61,64,70,78,81-83H,20-21,28-30,32-39H2,1-13H3/t42-,55-,59+,60+,61-,64-/m1/s1. The molecule has 1 fully saturated rings. The second-order valence-electron chi connectivity index (χ2n) is 28.4. The number of hydrogen-bond donors (Lipinski definition) is 5. The molecule has 29 heteroatoms. The van der Waals surface area contributed by atoms with Crippen LogP contribution in [-0.2, 0) is 47.2 Å². The van der Waals surface area contributed by atoms with Gasteiger partial charge >= 0.3 is 10.4 Å². The summed E-state index contributed by atoms with van der Waals surface area (Å²) in [5.41, 5.74) is 0.527. The van der Waals surface area contributed by atoms with Gasteiger partial charge in [0.1, 0.15) is 42.5 Å². The van der Waals surface area contributed by atoms with Crippen LogP contribution in [0.2, 0.25) is 0 Å². The first-order valence-electron chi connectivity index (χ1n) is 31.7. The number of anilines is 1. The fourth-order valence-electron chi connectivity index (χ4n) is 12.1. The van der Waals surface area contributed by atoms with Gasteiger partial charge in [0.15, 0.2) is 28.7 Å². The highest BCUT2D eigenvalue weighted by atomic mass is 35.5. The third-order valence-corrected chi connectivity index (χ3v) is 17.9. The SMILES string of the molecule is COc1ccc2c(OS(=O)(=O)Oc3cc(C(=O)N(C)CC(C)(C)COCC(C)(C)Cn4cc(CC(C)(C)COCC(C)(C)CN5C(=O)C=CC5=O)nn4)ccc3O[C@@H]3O[C@H](CO)[C@H](O)[C@H](O)[C@H]3O)cc3c(c2c1)[C@H](CCl)CN3C(=O)c1cc2cc(OCCN(C)C)c(OC)cc2[nH]1. The van der Waals surface area contributed by atoms with Crippen LogP contribution in [0.5, 0.6) is 34.5 Å². The second-order valence-corrected chi connectivity index (χ2v) is 29.9. The zero-order valence-corrected chi connectivity index (χ0v) is 58.6. The van der Waals surface area contributed by atoms with Gasteiger partial charge in [0.2, 0.25) is 6.29 Å². The highest BCUT2D eigenvalue weighted by molar-refractivity contribution is 7.82. The van der Waals surface area contributed by atoms with Gasteiger partial charge in [-0.2, -0.15) is 0 Å². The van der Waals surface area contributed by atoms with Crippen LogP contribution in [0.3, 0.4) is 0 Å². The van der Waals surface area contributed by atoms with E-state index in [1.165, 1.54) is 59.3 Å². The first-order chi connectivity index (χ1) is 45.6. The summed E-state index contributed by atoms with van der Waals surface area (Å²) in [5, 5.41) is 52.5. The number of carbonyl (C=O) groups excluding carboxylic acids is 4. The minimum atomic E-state index is -5.30. The summed E-state index contributed by atoms with van der Waals surface area (Å²) < 4.78 is 84.0. The van der Waals surface area contributed by atoms with Crippen LogP contribution < -0.4 is 32.2 Å². The lowest BCUT2D eigenvalue weighted by molar-refractivity contribution is -0.277. The largest absolute Gasteiger partial charge is 0.501 e. The number of imide groups is 1. The minimum absolute atomic E-state index is 0.0674. The highest BCUT2D eigenvalue weighted by Crippen LogP contribution is 2.48. The van der Waals surface area contributed by atoms with E-state index in [9.17, 15) is 48.0 Å². The molecule has 6 aromatic rings. The Balaban J connectivity index is 0.900. The maximum Gasteiger partial charge on any atom is 0.501 e. The number of carbonyl (C=O) groups is 4. The van der Waals surface area contributed by atoms with Gasteiger partial charge in [-0.3, -0.25) is 28.8 Å². The van der Waals surface area contributed by atoms with Crippen LogP contribution in [0.25, 0.3) is 21.7 Å². The van der Waals surface area contributed by atoms with E-state index in [1.807, 2.05) is 66.7 Å². The lowest BCUT2D eigenvalue weighted by atomic mass is 9.88. The van der Waals surface area contributed by atoms with Crippen LogP contribution in [0, 0.1) is 21.7 Å². The summed E-state index contributed by atoms with van der Waals surface area (Å²) in [4.78, 5) is 62.9. The Morgan fingerprint density at radius 2 is 1.42 bits per heavy atom. The molecule has 5 N–H and O–H groups in total. The molecule has 0 spiro atoms. The lowest BCUT2D eigenvalue weighted by Crippen LogP contribution is -2.60. The van der Waals surface area contributed by atoms with E-state index in [4.69, 9.17) is 53.1 Å². The van der Waals surface area contributed by atoms with Crippen molar-refractivity contribution in [2.45, 2.75) is 105 Å². The number of aromatic nitrogens is 4. The number of rotatable bonds is 32. The molecule has 3 aliphatic rings. The zero-order valence-electron chi connectivity index (χ0n) is 57.0. The Morgan fingerprint density at radius 3 is 2.08 bits per heavy atom. The Kier molecular flexibility index (Phi) is 22.6. The van der Waals surface area contributed by atoms with E-state index < -0.39 is 93.2 Å². The molecule has 0 bridgehead atoms. The number of nitrogens with zero attached hydrogens (tertiary/aromatic N) is 7. The van der Waals surface area contributed by atoms with E-state index in [2.05, 4.69) is 29.1 Å².